The highest BCUT2D eigenvalue weighted by molar-refractivity contribution is 7.86. The van der Waals surface area contributed by atoms with Crippen LogP contribution in [0, 0.1) is 5.92 Å². The normalized spacial score (nSPS) is 27.2. The van der Waals surface area contributed by atoms with Gasteiger partial charge in [0.2, 0.25) is 0 Å². The van der Waals surface area contributed by atoms with Gasteiger partial charge in [-0.2, -0.15) is 30.2 Å². The Labute approximate surface area is 145 Å². The first-order valence-electron chi connectivity index (χ1n) is 8.11. The molecule has 0 aromatic heterocycles. The number of rotatable bonds is 5. The third-order valence-corrected chi connectivity index (χ3v) is 7.01. The third-order valence-electron chi connectivity index (χ3n) is 4.99. The lowest BCUT2D eigenvalue weighted by atomic mass is 10.0. The molecule has 0 spiro atoms. The zero-order chi connectivity index (χ0) is 18.4. The second-order valence-electron chi connectivity index (χ2n) is 6.75. The summed E-state index contributed by atoms with van der Waals surface area (Å²) in [6.45, 7) is 0.0511. The lowest BCUT2D eigenvalue weighted by Crippen LogP contribution is -2.51. The van der Waals surface area contributed by atoms with E-state index >= 15 is 0 Å². The van der Waals surface area contributed by atoms with Gasteiger partial charge in [-0.05, 0) is 43.4 Å². The molecule has 1 aromatic rings. The SMILES string of the molecule is CN(C)S(=O)(=O)N1[C@H]2CC[C@@H](C2)[C@@H]1COc1cccc(C(F)(F)F)c1. The number of halogens is 3. The van der Waals surface area contributed by atoms with Crippen LogP contribution in [-0.4, -0.2) is 49.8 Å². The van der Waals surface area contributed by atoms with Crippen molar-refractivity contribution in [3.8, 4) is 5.75 Å². The molecule has 1 aromatic carbocycles. The summed E-state index contributed by atoms with van der Waals surface area (Å²) >= 11 is 0. The van der Waals surface area contributed by atoms with Crippen molar-refractivity contribution in [2.75, 3.05) is 20.7 Å². The molecule has 1 aliphatic heterocycles. The number of hydrogen-bond donors (Lipinski definition) is 0. The van der Waals surface area contributed by atoms with Crippen LogP contribution in [0.3, 0.4) is 0 Å². The van der Waals surface area contributed by atoms with Crippen molar-refractivity contribution in [3.05, 3.63) is 29.8 Å². The Balaban J connectivity index is 1.76. The summed E-state index contributed by atoms with van der Waals surface area (Å²) in [5.74, 6) is 0.283. The summed E-state index contributed by atoms with van der Waals surface area (Å²) < 4.78 is 71.7. The number of fused-ring (bicyclic) bond motifs is 2. The van der Waals surface area contributed by atoms with Gasteiger partial charge in [0.05, 0.1) is 11.6 Å². The summed E-state index contributed by atoms with van der Waals surface area (Å²) in [4.78, 5) is 0. The Hall–Kier alpha value is -1.32. The summed E-state index contributed by atoms with van der Waals surface area (Å²) in [6.07, 6.45) is -1.92. The Morgan fingerprint density at radius 3 is 2.64 bits per heavy atom. The standard InChI is InChI=1S/C16H21F3N2O3S/c1-20(2)25(22,23)21-13-7-6-11(8-13)15(21)10-24-14-5-3-4-12(9-14)16(17,18)19/h3-5,9,11,13,15H,6-8,10H2,1-2H3/t11-,13-,15-/m0/s1. The summed E-state index contributed by atoms with van der Waals surface area (Å²) in [6, 6.07) is 4.26. The minimum atomic E-state index is -4.44. The smallest absolute Gasteiger partial charge is 0.416 e. The lowest BCUT2D eigenvalue weighted by molar-refractivity contribution is -0.137. The molecular formula is C16H21F3N2O3S. The van der Waals surface area contributed by atoms with Crippen LogP contribution in [0.4, 0.5) is 13.2 Å². The number of hydrogen-bond acceptors (Lipinski definition) is 3. The maximum Gasteiger partial charge on any atom is 0.416 e. The van der Waals surface area contributed by atoms with Crippen molar-refractivity contribution < 1.29 is 26.3 Å². The highest BCUT2D eigenvalue weighted by Crippen LogP contribution is 2.44. The predicted molar refractivity (Wildman–Crippen MR) is 86.3 cm³/mol. The molecule has 0 amide bonds. The lowest BCUT2D eigenvalue weighted by Gasteiger charge is -2.35. The molecule has 1 aliphatic carbocycles. The van der Waals surface area contributed by atoms with Crippen molar-refractivity contribution in [3.63, 3.8) is 0 Å². The molecule has 2 fully saturated rings. The van der Waals surface area contributed by atoms with E-state index in [1.165, 1.54) is 34.8 Å². The van der Waals surface area contributed by atoms with Crippen LogP contribution >= 0.6 is 0 Å². The second-order valence-corrected chi connectivity index (χ2v) is 8.80. The van der Waals surface area contributed by atoms with Crippen molar-refractivity contribution in [1.82, 2.24) is 8.61 Å². The van der Waals surface area contributed by atoms with Gasteiger partial charge in [0.1, 0.15) is 12.4 Å². The molecule has 1 saturated carbocycles. The fourth-order valence-corrected chi connectivity index (χ4v) is 5.27. The first kappa shape index (κ1) is 18.5. The van der Waals surface area contributed by atoms with E-state index in [0.717, 1.165) is 31.4 Å². The molecule has 2 bridgehead atoms. The van der Waals surface area contributed by atoms with Gasteiger partial charge in [-0.25, -0.2) is 0 Å². The quantitative estimate of drug-likeness (QED) is 0.792. The highest BCUT2D eigenvalue weighted by atomic mass is 32.2. The molecule has 0 N–H and O–H groups in total. The maximum absolute atomic E-state index is 12.8. The van der Waals surface area contributed by atoms with Crippen LogP contribution in [-0.2, 0) is 16.4 Å². The summed E-state index contributed by atoms with van der Waals surface area (Å²) in [5.41, 5.74) is -0.782. The van der Waals surface area contributed by atoms with Crippen molar-refractivity contribution >= 4 is 10.2 Å². The van der Waals surface area contributed by atoms with Gasteiger partial charge >= 0.3 is 6.18 Å². The molecule has 0 unspecified atom stereocenters. The molecule has 2 aliphatic rings. The molecule has 0 radical (unpaired) electrons. The Morgan fingerprint density at radius 2 is 2.00 bits per heavy atom. The molecule has 140 valence electrons. The molecule has 1 heterocycles. The van der Waals surface area contributed by atoms with Gasteiger partial charge in [-0.15, -0.1) is 0 Å². The first-order valence-corrected chi connectivity index (χ1v) is 9.51. The first-order chi connectivity index (χ1) is 11.6. The van der Waals surface area contributed by atoms with E-state index in [9.17, 15) is 21.6 Å². The van der Waals surface area contributed by atoms with Crippen LogP contribution in [0.2, 0.25) is 0 Å². The molecule has 9 heteroatoms. The summed E-state index contributed by atoms with van der Waals surface area (Å²) in [5, 5.41) is 0. The van der Waals surface area contributed by atoms with Gasteiger partial charge in [-0.3, -0.25) is 0 Å². The number of ether oxygens (including phenoxy) is 1. The molecule has 5 nitrogen and oxygen atoms in total. The zero-order valence-electron chi connectivity index (χ0n) is 14.0. The van der Waals surface area contributed by atoms with E-state index in [-0.39, 0.29) is 30.4 Å². The minimum Gasteiger partial charge on any atom is -0.492 e. The van der Waals surface area contributed by atoms with Gasteiger partial charge in [0.15, 0.2) is 0 Å². The predicted octanol–water partition coefficient (Wildman–Crippen LogP) is 2.74. The van der Waals surface area contributed by atoms with E-state index < -0.39 is 21.9 Å². The zero-order valence-corrected chi connectivity index (χ0v) is 14.8. The van der Waals surface area contributed by atoms with Crippen LogP contribution < -0.4 is 4.74 Å². The number of piperidine rings is 1. The van der Waals surface area contributed by atoms with E-state index in [1.54, 1.807) is 0 Å². The van der Waals surface area contributed by atoms with Gasteiger partial charge in [-0.1, -0.05) is 6.07 Å². The van der Waals surface area contributed by atoms with Crippen molar-refractivity contribution in [1.29, 1.82) is 0 Å². The average Bonchev–Trinajstić information content (AvgIpc) is 3.13. The van der Waals surface area contributed by atoms with Crippen molar-refractivity contribution in [2.45, 2.75) is 37.5 Å². The van der Waals surface area contributed by atoms with E-state index in [0.29, 0.717) is 0 Å². The van der Waals surface area contributed by atoms with Crippen LogP contribution in [0.1, 0.15) is 24.8 Å². The minimum absolute atomic E-state index is 0.0486. The van der Waals surface area contributed by atoms with Gasteiger partial charge in [0.25, 0.3) is 10.2 Å². The third kappa shape index (κ3) is 3.50. The van der Waals surface area contributed by atoms with Gasteiger partial charge in [0, 0.05) is 20.1 Å². The van der Waals surface area contributed by atoms with E-state index in [2.05, 4.69) is 0 Å². The van der Waals surface area contributed by atoms with Crippen LogP contribution in [0.5, 0.6) is 5.75 Å². The molecule has 1 saturated heterocycles. The number of alkyl halides is 3. The van der Waals surface area contributed by atoms with Crippen molar-refractivity contribution in [2.24, 2.45) is 5.92 Å². The van der Waals surface area contributed by atoms with Crippen LogP contribution in [0.25, 0.3) is 0 Å². The highest BCUT2D eigenvalue weighted by Gasteiger charge is 2.52. The fourth-order valence-electron chi connectivity index (χ4n) is 3.75. The molecule has 25 heavy (non-hydrogen) atoms. The number of benzene rings is 1. The van der Waals surface area contributed by atoms with Crippen LogP contribution in [0.15, 0.2) is 24.3 Å². The average molecular weight is 378 g/mol. The fraction of sp³-hybridized carbons (Fsp3) is 0.625. The molecule has 3 rings (SSSR count). The van der Waals surface area contributed by atoms with E-state index in [1.807, 2.05) is 0 Å². The second kappa shape index (κ2) is 6.44. The monoisotopic (exact) mass is 378 g/mol. The number of nitrogens with zero attached hydrogens (tertiary/aromatic N) is 2. The van der Waals surface area contributed by atoms with E-state index in [4.69, 9.17) is 4.74 Å². The topological polar surface area (TPSA) is 49.9 Å². The Kier molecular flexibility index (Phi) is 4.76. The Morgan fingerprint density at radius 1 is 1.28 bits per heavy atom. The Bertz CT molecular complexity index is 736. The van der Waals surface area contributed by atoms with Gasteiger partial charge < -0.3 is 4.74 Å². The summed E-state index contributed by atoms with van der Waals surface area (Å²) in [7, 11) is -0.629. The largest absolute Gasteiger partial charge is 0.492 e. The molecule has 3 atom stereocenters. The maximum atomic E-state index is 12.8. The molecular weight excluding hydrogens is 357 g/mol.